The number of benzene rings is 2. The fourth-order valence-corrected chi connectivity index (χ4v) is 3.66. The molecule has 1 fully saturated rings. The van der Waals surface area contributed by atoms with E-state index in [0.717, 1.165) is 23.4 Å². The van der Waals surface area contributed by atoms with Gasteiger partial charge in [-0.15, -0.1) is 10.2 Å². The zero-order valence-electron chi connectivity index (χ0n) is 15.3. The summed E-state index contributed by atoms with van der Waals surface area (Å²) in [6.07, 6.45) is 0.0231. The molecule has 0 bridgehead atoms. The number of rotatable bonds is 6. The number of thioether (sulfide) groups is 1. The van der Waals surface area contributed by atoms with Crippen LogP contribution in [0.3, 0.4) is 0 Å². The van der Waals surface area contributed by atoms with E-state index in [1.165, 1.54) is 17.4 Å². The van der Waals surface area contributed by atoms with Crippen molar-refractivity contribution in [3.05, 3.63) is 60.2 Å². The molecule has 1 saturated heterocycles. The van der Waals surface area contributed by atoms with E-state index in [2.05, 4.69) is 44.7 Å². The molecule has 1 aromatic heterocycles. The molecule has 0 aliphatic carbocycles. The first kappa shape index (κ1) is 18.0. The molecular weight excluding hydrogens is 360 g/mol. The van der Waals surface area contributed by atoms with Gasteiger partial charge in [0.25, 0.3) is 5.22 Å². The van der Waals surface area contributed by atoms with Gasteiger partial charge in [0.2, 0.25) is 5.89 Å². The van der Waals surface area contributed by atoms with Crippen molar-refractivity contribution in [2.45, 2.75) is 17.6 Å². The van der Waals surface area contributed by atoms with E-state index in [0.29, 0.717) is 11.1 Å². The Balaban J connectivity index is 1.31. The van der Waals surface area contributed by atoms with E-state index in [1.54, 1.807) is 0 Å². The van der Waals surface area contributed by atoms with Crippen molar-refractivity contribution in [2.24, 2.45) is 0 Å². The number of hydrogen-bond acceptors (Lipinski definition) is 7. The Labute approximate surface area is 162 Å². The van der Waals surface area contributed by atoms with Crippen LogP contribution in [0.5, 0.6) is 0 Å². The van der Waals surface area contributed by atoms with Crippen molar-refractivity contribution < 1.29 is 9.15 Å². The van der Waals surface area contributed by atoms with Gasteiger partial charge in [0, 0.05) is 37.6 Å². The number of hydrogen-bond donors (Lipinski definition) is 1. The highest BCUT2D eigenvalue weighted by atomic mass is 32.2. The fourth-order valence-electron chi connectivity index (χ4n) is 2.90. The van der Waals surface area contributed by atoms with Crippen molar-refractivity contribution in [1.82, 2.24) is 15.5 Å². The minimum Gasteiger partial charge on any atom is -0.411 e. The van der Waals surface area contributed by atoms with Crippen molar-refractivity contribution in [3.63, 3.8) is 0 Å². The van der Waals surface area contributed by atoms with Crippen LogP contribution in [-0.4, -0.2) is 42.7 Å². The molecule has 2 aromatic carbocycles. The average Bonchev–Trinajstić information content (AvgIpc) is 3.37. The van der Waals surface area contributed by atoms with Crippen LogP contribution >= 0.6 is 11.8 Å². The van der Waals surface area contributed by atoms with Crippen molar-refractivity contribution >= 4 is 17.4 Å². The lowest BCUT2D eigenvalue weighted by atomic mass is 10.2. The first-order chi connectivity index (χ1) is 13.2. The van der Waals surface area contributed by atoms with Gasteiger partial charge in [-0.2, -0.15) is 0 Å². The standard InChI is InChI=1S/C20H22N4O2S/c1-24(2)16-10-8-15(9-11-16)18-21-12-17(25-18)13-27-20-23-22-19(26-20)14-6-4-3-5-7-14/h3-11,17-18,21H,12-13H2,1-2H3/t17-,18+/m1/s1. The molecule has 27 heavy (non-hydrogen) atoms. The van der Waals surface area contributed by atoms with Gasteiger partial charge in [0.1, 0.15) is 6.23 Å². The lowest BCUT2D eigenvalue weighted by Gasteiger charge is -2.16. The normalized spacial score (nSPS) is 19.3. The van der Waals surface area contributed by atoms with Crippen LogP contribution in [0.2, 0.25) is 0 Å². The average molecular weight is 382 g/mol. The van der Waals surface area contributed by atoms with Crippen LogP contribution < -0.4 is 10.2 Å². The molecule has 1 N–H and O–H groups in total. The van der Waals surface area contributed by atoms with Crippen LogP contribution in [-0.2, 0) is 4.74 Å². The molecule has 1 aliphatic rings. The molecule has 1 aliphatic heterocycles. The third kappa shape index (κ3) is 4.32. The summed E-state index contributed by atoms with van der Waals surface area (Å²) >= 11 is 1.52. The van der Waals surface area contributed by atoms with Gasteiger partial charge in [-0.1, -0.05) is 42.1 Å². The third-order valence-corrected chi connectivity index (χ3v) is 5.34. The summed E-state index contributed by atoms with van der Waals surface area (Å²) in [4.78, 5) is 2.08. The highest BCUT2D eigenvalue weighted by Gasteiger charge is 2.26. The summed E-state index contributed by atoms with van der Waals surface area (Å²) in [6.45, 7) is 0.798. The number of anilines is 1. The van der Waals surface area contributed by atoms with Crippen molar-refractivity contribution in [1.29, 1.82) is 0 Å². The van der Waals surface area contributed by atoms with Gasteiger partial charge in [-0.25, -0.2) is 0 Å². The second kappa shape index (κ2) is 8.12. The summed E-state index contributed by atoms with van der Waals surface area (Å²) < 4.78 is 11.9. The first-order valence-electron chi connectivity index (χ1n) is 8.87. The summed E-state index contributed by atoms with van der Waals surface area (Å²) in [7, 11) is 4.07. The highest BCUT2D eigenvalue weighted by Crippen LogP contribution is 2.28. The summed E-state index contributed by atoms with van der Waals surface area (Å²) in [5.41, 5.74) is 3.24. The Morgan fingerprint density at radius 3 is 2.59 bits per heavy atom. The van der Waals surface area contributed by atoms with E-state index in [9.17, 15) is 0 Å². The molecular formula is C20H22N4O2S. The molecule has 0 unspecified atom stereocenters. The second-order valence-corrected chi connectivity index (χ2v) is 7.55. The predicted molar refractivity (Wildman–Crippen MR) is 107 cm³/mol. The smallest absolute Gasteiger partial charge is 0.276 e. The summed E-state index contributed by atoms with van der Waals surface area (Å²) in [5.74, 6) is 1.30. The fraction of sp³-hybridized carbons (Fsp3) is 0.300. The number of nitrogens with zero attached hydrogens (tertiary/aromatic N) is 3. The summed E-state index contributed by atoms with van der Waals surface area (Å²) in [5, 5.41) is 12.2. The molecule has 4 rings (SSSR count). The second-order valence-electron chi connectivity index (χ2n) is 6.58. The number of nitrogens with one attached hydrogen (secondary N) is 1. The molecule has 0 radical (unpaired) electrons. The number of aromatic nitrogens is 2. The largest absolute Gasteiger partial charge is 0.411 e. The molecule has 0 amide bonds. The third-order valence-electron chi connectivity index (χ3n) is 4.39. The molecule has 7 heteroatoms. The highest BCUT2D eigenvalue weighted by molar-refractivity contribution is 7.99. The lowest BCUT2D eigenvalue weighted by Crippen LogP contribution is -2.16. The van der Waals surface area contributed by atoms with Gasteiger partial charge < -0.3 is 14.1 Å². The van der Waals surface area contributed by atoms with Crippen LogP contribution in [0, 0.1) is 0 Å². The lowest BCUT2D eigenvalue weighted by molar-refractivity contribution is 0.0534. The quantitative estimate of drug-likeness (QED) is 0.654. The zero-order chi connectivity index (χ0) is 18.6. The Hall–Kier alpha value is -2.35. The minimum absolute atomic E-state index is 0.0747. The summed E-state index contributed by atoms with van der Waals surface area (Å²) in [6, 6.07) is 18.2. The van der Waals surface area contributed by atoms with Crippen LogP contribution in [0.1, 0.15) is 11.8 Å². The van der Waals surface area contributed by atoms with Gasteiger partial charge in [-0.3, -0.25) is 5.32 Å². The first-order valence-corrected chi connectivity index (χ1v) is 9.85. The molecule has 2 heterocycles. The van der Waals surface area contributed by atoms with Crippen molar-refractivity contribution in [3.8, 4) is 11.5 Å². The van der Waals surface area contributed by atoms with E-state index in [1.807, 2.05) is 44.4 Å². The Kier molecular flexibility index (Phi) is 5.42. The van der Waals surface area contributed by atoms with Crippen LogP contribution in [0.4, 0.5) is 5.69 Å². The predicted octanol–water partition coefficient (Wildman–Crippen LogP) is 3.58. The maximum atomic E-state index is 6.13. The van der Waals surface area contributed by atoms with E-state index < -0.39 is 0 Å². The monoisotopic (exact) mass is 382 g/mol. The van der Waals surface area contributed by atoms with Gasteiger partial charge in [0.05, 0.1) is 6.10 Å². The van der Waals surface area contributed by atoms with Crippen molar-refractivity contribution in [2.75, 3.05) is 31.3 Å². The van der Waals surface area contributed by atoms with Gasteiger partial charge in [-0.05, 0) is 29.8 Å². The van der Waals surface area contributed by atoms with E-state index in [4.69, 9.17) is 9.15 Å². The Morgan fingerprint density at radius 1 is 1.07 bits per heavy atom. The van der Waals surface area contributed by atoms with Crippen LogP contribution in [0.25, 0.3) is 11.5 Å². The van der Waals surface area contributed by atoms with Crippen LogP contribution in [0.15, 0.2) is 64.2 Å². The minimum atomic E-state index is -0.0747. The molecule has 0 saturated carbocycles. The van der Waals surface area contributed by atoms with E-state index >= 15 is 0 Å². The Bertz CT molecular complexity index is 867. The molecule has 6 nitrogen and oxygen atoms in total. The maximum absolute atomic E-state index is 6.13. The van der Waals surface area contributed by atoms with Gasteiger partial charge >= 0.3 is 0 Å². The molecule has 0 spiro atoms. The molecule has 2 atom stereocenters. The van der Waals surface area contributed by atoms with Gasteiger partial charge in [0.15, 0.2) is 0 Å². The maximum Gasteiger partial charge on any atom is 0.276 e. The Morgan fingerprint density at radius 2 is 1.85 bits per heavy atom. The zero-order valence-corrected chi connectivity index (χ0v) is 16.1. The molecule has 140 valence electrons. The number of ether oxygens (including phenoxy) is 1. The molecule has 3 aromatic rings. The SMILES string of the molecule is CN(C)c1ccc([C@H]2NC[C@H](CSc3nnc(-c4ccccc4)o3)O2)cc1. The topological polar surface area (TPSA) is 63.4 Å². The van der Waals surface area contributed by atoms with E-state index in [-0.39, 0.29) is 12.3 Å².